The number of anilines is 1. The molecule has 0 aliphatic heterocycles. The number of hydrogen-bond acceptors (Lipinski definition) is 5. The summed E-state index contributed by atoms with van der Waals surface area (Å²) in [4.78, 5) is 15.8. The Morgan fingerprint density at radius 2 is 2.25 bits per heavy atom. The third-order valence-electron chi connectivity index (χ3n) is 1.96. The Bertz CT molecular complexity index is 366. The second kappa shape index (κ2) is 5.95. The molecule has 0 radical (unpaired) electrons. The van der Waals surface area contributed by atoms with Gasteiger partial charge < -0.3 is 14.8 Å². The molecule has 0 amide bonds. The lowest BCUT2D eigenvalue weighted by atomic mass is 10.2. The monoisotopic (exact) mass is 224 g/mol. The van der Waals surface area contributed by atoms with Crippen molar-refractivity contribution in [3.05, 3.63) is 17.8 Å². The van der Waals surface area contributed by atoms with Gasteiger partial charge in [-0.05, 0) is 19.9 Å². The predicted octanol–water partition coefficient (Wildman–Crippen LogP) is 1.70. The maximum atomic E-state index is 11.7. The van der Waals surface area contributed by atoms with E-state index in [2.05, 4.69) is 10.3 Å². The van der Waals surface area contributed by atoms with Crippen LogP contribution in [0.3, 0.4) is 0 Å². The topological polar surface area (TPSA) is 60.5 Å². The van der Waals surface area contributed by atoms with Crippen LogP contribution in [0.5, 0.6) is 5.75 Å². The average molecular weight is 224 g/mol. The molecule has 0 spiro atoms. The molecule has 1 aromatic heterocycles. The van der Waals surface area contributed by atoms with Gasteiger partial charge >= 0.3 is 5.97 Å². The van der Waals surface area contributed by atoms with Crippen molar-refractivity contribution >= 4 is 11.8 Å². The molecule has 0 aliphatic carbocycles. The van der Waals surface area contributed by atoms with E-state index in [-0.39, 0.29) is 0 Å². The molecule has 0 aromatic carbocycles. The fourth-order valence-electron chi connectivity index (χ4n) is 1.32. The van der Waals surface area contributed by atoms with Crippen molar-refractivity contribution in [1.82, 2.24) is 4.98 Å². The highest BCUT2D eigenvalue weighted by Gasteiger charge is 2.19. The number of carbonyl (C=O) groups excluding carboxylic acids is 1. The highest BCUT2D eigenvalue weighted by molar-refractivity contribution is 5.97. The lowest BCUT2D eigenvalue weighted by Crippen LogP contribution is -2.12. The Balaban J connectivity index is 3.13. The predicted molar refractivity (Wildman–Crippen MR) is 60.9 cm³/mol. The van der Waals surface area contributed by atoms with Crippen LogP contribution in [0.15, 0.2) is 12.3 Å². The van der Waals surface area contributed by atoms with Crippen molar-refractivity contribution in [2.75, 3.05) is 25.6 Å². The van der Waals surface area contributed by atoms with Gasteiger partial charge in [0.25, 0.3) is 0 Å². The minimum Gasteiger partial charge on any atom is -0.496 e. The molecular weight excluding hydrogens is 208 g/mol. The van der Waals surface area contributed by atoms with Crippen molar-refractivity contribution in [2.45, 2.75) is 13.8 Å². The van der Waals surface area contributed by atoms with Crippen molar-refractivity contribution in [2.24, 2.45) is 0 Å². The molecule has 1 rings (SSSR count). The summed E-state index contributed by atoms with van der Waals surface area (Å²) >= 11 is 0. The third kappa shape index (κ3) is 2.62. The van der Waals surface area contributed by atoms with Crippen molar-refractivity contribution in [1.29, 1.82) is 0 Å². The van der Waals surface area contributed by atoms with Gasteiger partial charge in [-0.2, -0.15) is 0 Å². The normalized spacial score (nSPS) is 9.69. The quantitative estimate of drug-likeness (QED) is 0.771. The summed E-state index contributed by atoms with van der Waals surface area (Å²) in [5.74, 6) is 0.521. The lowest BCUT2D eigenvalue weighted by molar-refractivity contribution is 0.0523. The molecule has 16 heavy (non-hydrogen) atoms. The van der Waals surface area contributed by atoms with Crippen LogP contribution in [0.25, 0.3) is 0 Å². The van der Waals surface area contributed by atoms with Crippen LogP contribution in [0.1, 0.15) is 24.2 Å². The number of nitrogens with one attached hydrogen (secondary N) is 1. The van der Waals surface area contributed by atoms with E-state index >= 15 is 0 Å². The fraction of sp³-hybridized carbons (Fsp3) is 0.455. The number of aromatic nitrogens is 1. The molecule has 0 fully saturated rings. The first-order valence-electron chi connectivity index (χ1n) is 5.18. The van der Waals surface area contributed by atoms with Gasteiger partial charge in [-0.25, -0.2) is 9.78 Å². The van der Waals surface area contributed by atoms with Crippen LogP contribution in [0.4, 0.5) is 5.82 Å². The minimum absolute atomic E-state index is 0.322. The van der Waals surface area contributed by atoms with Crippen LogP contribution in [-0.2, 0) is 4.74 Å². The van der Waals surface area contributed by atoms with Crippen LogP contribution in [-0.4, -0.2) is 31.2 Å². The van der Waals surface area contributed by atoms with E-state index in [1.54, 1.807) is 19.2 Å². The molecule has 0 unspecified atom stereocenters. The van der Waals surface area contributed by atoms with E-state index < -0.39 is 5.97 Å². The third-order valence-corrected chi connectivity index (χ3v) is 1.96. The Kier molecular flexibility index (Phi) is 4.57. The van der Waals surface area contributed by atoms with Gasteiger partial charge in [0.2, 0.25) is 0 Å². The summed E-state index contributed by atoms with van der Waals surface area (Å²) < 4.78 is 10.1. The zero-order valence-corrected chi connectivity index (χ0v) is 9.74. The van der Waals surface area contributed by atoms with Gasteiger partial charge in [0, 0.05) is 12.7 Å². The molecule has 0 saturated heterocycles. The summed E-state index contributed by atoms with van der Waals surface area (Å²) in [6.45, 7) is 4.68. The minimum atomic E-state index is -0.427. The molecule has 0 aliphatic rings. The molecule has 1 heterocycles. The number of hydrogen-bond donors (Lipinski definition) is 1. The van der Waals surface area contributed by atoms with E-state index in [0.717, 1.165) is 0 Å². The maximum Gasteiger partial charge on any atom is 0.345 e. The number of ether oxygens (including phenoxy) is 2. The number of pyridine rings is 1. The highest BCUT2D eigenvalue weighted by atomic mass is 16.5. The smallest absolute Gasteiger partial charge is 0.345 e. The average Bonchev–Trinajstić information content (AvgIpc) is 2.29. The molecule has 1 aromatic rings. The Morgan fingerprint density at radius 3 is 2.81 bits per heavy atom. The van der Waals surface area contributed by atoms with Gasteiger partial charge in [-0.15, -0.1) is 0 Å². The highest BCUT2D eigenvalue weighted by Crippen LogP contribution is 2.24. The Labute approximate surface area is 94.8 Å². The van der Waals surface area contributed by atoms with Crippen LogP contribution in [0.2, 0.25) is 0 Å². The van der Waals surface area contributed by atoms with Gasteiger partial charge in [0.1, 0.15) is 17.1 Å². The first-order chi connectivity index (χ1) is 7.74. The van der Waals surface area contributed by atoms with Gasteiger partial charge in [-0.3, -0.25) is 0 Å². The van der Waals surface area contributed by atoms with Crippen LogP contribution >= 0.6 is 0 Å². The van der Waals surface area contributed by atoms with E-state index in [4.69, 9.17) is 9.47 Å². The summed E-state index contributed by atoms with van der Waals surface area (Å²) in [6, 6.07) is 1.63. The zero-order chi connectivity index (χ0) is 12.0. The van der Waals surface area contributed by atoms with E-state index in [1.807, 2.05) is 6.92 Å². The molecule has 5 nitrogen and oxygen atoms in total. The fourth-order valence-corrected chi connectivity index (χ4v) is 1.32. The number of rotatable bonds is 5. The summed E-state index contributed by atoms with van der Waals surface area (Å²) in [6.07, 6.45) is 1.58. The lowest BCUT2D eigenvalue weighted by Gasteiger charge is -2.12. The van der Waals surface area contributed by atoms with Crippen LogP contribution < -0.4 is 10.1 Å². The van der Waals surface area contributed by atoms with E-state index in [0.29, 0.717) is 30.3 Å². The largest absolute Gasteiger partial charge is 0.496 e. The van der Waals surface area contributed by atoms with Gasteiger partial charge in [0.15, 0.2) is 0 Å². The van der Waals surface area contributed by atoms with Crippen LogP contribution in [0, 0.1) is 0 Å². The van der Waals surface area contributed by atoms with Crippen molar-refractivity contribution in [3.8, 4) is 5.75 Å². The number of methoxy groups -OCH3 is 1. The molecular formula is C11H16N2O3. The zero-order valence-electron chi connectivity index (χ0n) is 9.74. The number of carbonyl (C=O) groups is 1. The summed E-state index contributed by atoms with van der Waals surface area (Å²) in [7, 11) is 1.51. The SMILES string of the molecule is CCNc1nccc(OC)c1C(=O)OCC. The molecule has 5 heteroatoms. The van der Waals surface area contributed by atoms with Gasteiger partial charge in [0.05, 0.1) is 13.7 Å². The summed E-state index contributed by atoms with van der Waals surface area (Å²) in [5, 5.41) is 3.00. The number of esters is 1. The molecule has 0 atom stereocenters. The van der Waals surface area contributed by atoms with E-state index in [9.17, 15) is 4.79 Å². The second-order valence-corrected chi connectivity index (χ2v) is 2.99. The Hall–Kier alpha value is -1.78. The first kappa shape index (κ1) is 12.3. The molecule has 0 saturated carbocycles. The molecule has 88 valence electrons. The summed E-state index contributed by atoms with van der Waals surface area (Å²) in [5.41, 5.74) is 0.341. The van der Waals surface area contributed by atoms with E-state index in [1.165, 1.54) is 7.11 Å². The standard InChI is InChI=1S/C11H16N2O3/c1-4-12-10-9(11(14)16-5-2)8(15-3)6-7-13-10/h6-7H,4-5H2,1-3H3,(H,12,13). The Morgan fingerprint density at radius 1 is 1.50 bits per heavy atom. The van der Waals surface area contributed by atoms with Crippen molar-refractivity contribution in [3.63, 3.8) is 0 Å². The first-order valence-corrected chi connectivity index (χ1v) is 5.18. The second-order valence-electron chi connectivity index (χ2n) is 2.99. The molecule has 0 bridgehead atoms. The number of nitrogens with zero attached hydrogens (tertiary/aromatic N) is 1. The molecule has 1 N–H and O–H groups in total. The van der Waals surface area contributed by atoms with Crippen molar-refractivity contribution < 1.29 is 14.3 Å². The van der Waals surface area contributed by atoms with Gasteiger partial charge in [-0.1, -0.05) is 0 Å². The maximum absolute atomic E-state index is 11.7.